The molecule has 1 fully saturated rings. The van der Waals surface area contributed by atoms with Crippen LogP contribution in [0.2, 0.25) is 0 Å². The molecule has 1 aromatic heterocycles. The molecule has 0 aliphatic heterocycles. The highest BCUT2D eigenvalue weighted by Gasteiger charge is 2.33. The van der Waals surface area contributed by atoms with Crippen molar-refractivity contribution in [1.29, 1.82) is 0 Å². The van der Waals surface area contributed by atoms with Gasteiger partial charge in [0.15, 0.2) is 0 Å². The Balaban J connectivity index is 1.89. The number of ether oxygens (including phenoxy) is 1. The van der Waals surface area contributed by atoms with E-state index < -0.39 is 5.97 Å². The van der Waals surface area contributed by atoms with Crippen molar-refractivity contribution in [2.75, 3.05) is 12.0 Å². The average Bonchev–Trinajstić information content (AvgIpc) is 3.15. The second-order valence-corrected chi connectivity index (χ2v) is 9.45. The van der Waals surface area contributed by atoms with Gasteiger partial charge in [0.2, 0.25) is 5.91 Å². The summed E-state index contributed by atoms with van der Waals surface area (Å²) in [7, 11) is 1.35. The number of carbonyl (C=O) groups is 2. The summed E-state index contributed by atoms with van der Waals surface area (Å²) >= 11 is 6.05. The Labute approximate surface area is 193 Å². The number of halogens is 1. The van der Waals surface area contributed by atoms with E-state index in [1.54, 1.807) is 11.0 Å². The summed E-state index contributed by atoms with van der Waals surface area (Å²) in [5.41, 5.74) is 3.18. The minimum Gasteiger partial charge on any atom is -0.465 e. The van der Waals surface area contributed by atoms with Crippen LogP contribution < -0.4 is 4.90 Å². The number of benzene rings is 2. The van der Waals surface area contributed by atoms with Gasteiger partial charge in [0, 0.05) is 28.6 Å². The van der Waals surface area contributed by atoms with Crippen molar-refractivity contribution >= 4 is 51.1 Å². The van der Waals surface area contributed by atoms with Crippen molar-refractivity contribution in [2.24, 2.45) is 11.8 Å². The van der Waals surface area contributed by atoms with Crippen molar-refractivity contribution in [3.63, 3.8) is 0 Å². The van der Waals surface area contributed by atoms with Crippen LogP contribution in [0.5, 0.6) is 0 Å². The van der Waals surface area contributed by atoms with Crippen LogP contribution in [0.25, 0.3) is 21.9 Å². The Kier molecular flexibility index (Phi) is 6.47. The minimum absolute atomic E-state index is 0.0289. The Morgan fingerprint density at radius 2 is 1.78 bits per heavy atom. The molecule has 0 N–H and O–H groups in total. The van der Waals surface area contributed by atoms with E-state index in [1.165, 1.54) is 7.11 Å². The predicted octanol–water partition coefficient (Wildman–Crippen LogP) is 6.68. The van der Waals surface area contributed by atoms with Crippen LogP contribution >= 0.6 is 11.6 Å². The molecule has 1 amide bonds. The van der Waals surface area contributed by atoms with Crippen LogP contribution in [0.3, 0.4) is 0 Å². The molecule has 170 valence electrons. The molecule has 6 heteroatoms. The number of hydrogen-bond acceptors (Lipinski definition) is 4. The van der Waals surface area contributed by atoms with Gasteiger partial charge in [-0.1, -0.05) is 13.0 Å². The molecule has 3 aromatic rings. The van der Waals surface area contributed by atoms with Gasteiger partial charge in [-0.2, -0.15) is 0 Å². The van der Waals surface area contributed by atoms with Crippen LogP contribution in [0.1, 0.15) is 62.4 Å². The van der Waals surface area contributed by atoms with Crippen LogP contribution in [-0.2, 0) is 15.4 Å². The number of carbonyl (C=O) groups excluding carboxylic acids is 2. The molecular formula is C26H30ClNO4. The first-order valence-electron chi connectivity index (χ1n) is 11.3. The fraction of sp³-hybridized carbons (Fsp3) is 0.462. The topological polar surface area (TPSA) is 59.8 Å². The molecule has 2 aromatic carbocycles. The monoisotopic (exact) mass is 455 g/mol. The summed E-state index contributed by atoms with van der Waals surface area (Å²) in [5.74, 6) is 0.609. The zero-order valence-electron chi connectivity index (χ0n) is 19.1. The van der Waals surface area contributed by atoms with E-state index in [1.807, 2.05) is 38.1 Å². The summed E-state index contributed by atoms with van der Waals surface area (Å²) in [6.45, 7) is 6.20. The number of rotatable bonds is 5. The highest BCUT2D eigenvalue weighted by Crippen LogP contribution is 2.38. The number of furan rings is 1. The number of amides is 1. The van der Waals surface area contributed by atoms with Gasteiger partial charge in [0.25, 0.3) is 0 Å². The molecule has 0 atom stereocenters. The molecule has 0 bridgehead atoms. The molecule has 5 nitrogen and oxygen atoms in total. The third kappa shape index (κ3) is 4.11. The maximum Gasteiger partial charge on any atom is 0.340 e. The van der Waals surface area contributed by atoms with Crippen LogP contribution in [0.4, 0.5) is 5.69 Å². The molecule has 1 aliphatic rings. The SMILES string of the molecule is COC(=O)c1cc2oc3ccc(CCl)cc3c2cc1N(C(=O)C1CCC(C)CC1)C(C)C. The summed E-state index contributed by atoms with van der Waals surface area (Å²) in [6, 6.07) is 9.29. The third-order valence-corrected chi connectivity index (χ3v) is 6.90. The first-order chi connectivity index (χ1) is 15.3. The van der Waals surface area contributed by atoms with Gasteiger partial charge in [-0.05, 0) is 75.3 Å². The first kappa shape index (κ1) is 22.7. The lowest BCUT2D eigenvalue weighted by molar-refractivity contribution is -0.123. The molecule has 32 heavy (non-hydrogen) atoms. The highest BCUT2D eigenvalue weighted by atomic mass is 35.5. The van der Waals surface area contributed by atoms with Gasteiger partial charge in [0.1, 0.15) is 11.2 Å². The lowest BCUT2D eigenvalue weighted by Crippen LogP contribution is -2.43. The fourth-order valence-electron chi connectivity index (χ4n) is 4.77. The molecule has 0 radical (unpaired) electrons. The largest absolute Gasteiger partial charge is 0.465 e. The highest BCUT2D eigenvalue weighted by molar-refractivity contribution is 6.17. The Morgan fingerprint density at radius 3 is 2.41 bits per heavy atom. The van der Waals surface area contributed by atoms with Crippen molar-refractivity contribution in [3.8, 4) is 0 Å². The van der Waals surface area contributed by atoms with Gasteiger partial charge < -0.3 is 14.1 Å². The van der Waals surface area contributed by atoms with Gasteiger partial charge in [-0.15, -0.1) is 11.6 Å². The van der Waals surface area contributed by atoms with E-state index in [-0.39, 0.29) is 17.9 Å². The summed E-state index contributed by atoms with van der Waals surface area (Å²) in [6.07, 6.45) is 3.87. The first-order valence-corrected chi connectivity index (χ1v) is 11.8. The maximum absolute atomic E-state index is 13.7. The van der Waals surface area contributed by atoms with Crippen molar-refractivity contribution in [3.05, 3.63) is 41.5 Å². The Bertz CT molecular complexity index is 1160. The van der Waals surface area contributed by atoms with Crippen molar-refractivity contribution in [2.45, 2.75) is 58.4 Å². The lowest BCUT2D eigenvalue weighted by atomic mass is 9.82. The minimum atomic E-state index is -0.487. The Morgan fingerprint density at radius 1 is 1.09 bits per heavy atom. The average molecular weight is 456 g/mol. The predicted molar refractivity (Wildman–Crippen MR) is 128 cm³/mol. The zero-order valence-corrected chi connectivity index (χ0v) is 19.9. The molecule has 0 saturated heterocycles. The molecular weight excluding hydrogens is 426 g/mol. The number of anilines is 1. The van der Waals surface area contributed by atoms with Gasteiger partial charge >= 0.3 is 5.97 Å². The standard InChI is InChI=1S/C26H30ClNO4/c1-15(2)28(25(29)18-8-5-16(3)6-9-18)22-12-20-19-11-17(14-27)7-10-23(19)32-24(20)13-21(22)26(30)31-4/h7,10-13,15-16,18H,5-6,8-9,14H2,1-4H3. The number of alkyl halides is 1. The fourth-order valence-corrected chi connectivity index (χ4v) is 4.94. The number of hydrogen-bond donors (Lipinski definition) is 0. The van der Waals surface area contributed by atoms with Crippen LogP contribution in [0, 0.1) is 11.8 Å². The maximum atomic E-state index is 13.7. The normalized spacial score (nSPS) is 18.9. The summed E-state index contributed by atoms with van der Waals surface area (Å²) in [4.78, 5) is 28.2. The third-order valence-electron chi connectivity index (χ3n) is 6.59. The van der Waals surface area contributed by atoms with Gasteiger partial charge in [0.05, 0.1) is 18.4 Å². The van der Waals surface area contributed by atoms with Crippen molar-refractivity contribution < 1.29 is 18.7 Å². The van der Waals surface area contributed by atoms with Gasteiger partial charge in [-0.25, -0.2) is 4.79 Å². The smallest absolute Gasteiger partial charge is 0.340 e. The van der Waals surface area contributed by atoms with E-state index in [9.17, 15) is 9.59 Å². The Hall–Kier alpha value is -2.53. The summed E-state index contributed by atoms with van der Waals surface area (Å²) < 4.78 is 11.1. The molecule has 1 saturated carbocycles. The number of methoxy groups -OCH3 is 1. The van der Waals surface area contributed by atoms with Crippen molar-refractivity contribution in [1.82, 2.24) is 0 Å². The molecule has 1 aliphatic carbocycles. The second-order valence-electron chi connectivity index (χ2n) is 9.18. The quantitative estimate of drug-likeness (QED) is 0.318. The number of fused-ring (bicyclic) bond motifs is 3. The second kappa shape index (κ2) is 9.14. The van der Waals surface area contributed by atoms with Gasteiger partial charge in [-0.3, -0.25) is 4.79 Å². The lowest BCUT2D eigenvalue weighted by Gasteiger charge is -2.34. The number of esters is 1. The number of nitrogens with zero attached hydrogens (tertiary/aromatic N) is 1. The van der Waals surface area contributed by atoms with Crippen LogP contribution in [0.15, 0.2) is 34.7 Å². The molecule has 4 rings (SSSR count). The van der Waals surface area contributed by atoms with E-state index in [4.69, 9.17) is 20.8 Å². The zero-order chi connectivity index (χ0) is 23.0. The van der Waals surface area contributed by atoms with E-state index >= 15 is 0 Å². The van der Waals surface area contributed by atoms with E-state index in [2.05, 4.69) is 6.92 Å². The summed E-state index contributed by atoms with van der Waals surface area (Å²) in [5, 5.41) is 1.77. The van der Waals surface area contributed by atoms with Crippen LogP contribution in [-0.4, -0.2) is 25.0 Å². The molecule has 1 heterocycles. The van der Waals surface area contributed by atoms with E-state index in [0.717, 1.165) is 42.0 Å². The van der Waals surface area contributed by atoms with E-state index in [0.29, 0.717) is 34.2 Å². The molecule has 0 unspecified atom stereocenters. The molecule has 0 spiro atoms.